The predicted octanol–water partition coefficient (Wildman–Crippen LogP) is 4.76. The van der Waals surface area contributed by atoms with E-state index in [0.29, 0.717) is 47.2 Å². The number of furan rings is 1. The van der Waals surface area contributed by atoms with Gasteiger partial charge in [-0.2, -0.15) is 10.4 Å². The molecule has 8 nitrogen and oxygen atoms in total. The van der Waals surface area contributed by atoms with Crippen molar-refractivity contribution in [3.63, 3.8) is 0 Å². The molecule has 176 valence electrons. The number of aryl methyl sites for hydroxylation is 1. The molecule has 0 aliphatic rings. The first-order valence-corrected chi connectivity index (χ1v) is 11.3. The van der Waals surface area contributed by atoms with Crippen LogP contribution in [0.2, 0.25) is 5.02 Å². The Bertz CT molecular complexity index is 1370. The van der Waals surface area contributed by atoms with Gasteiger partial charge in [0.25, 0.3) is 5.91 Å². The van der Waals surface area contributed by atoms with Gasteiger partial charge >= 0.3 is 0 Å². The fourth-order valence-electron chi connectivity index (χ4n) is 3.45. The number of halogens is 1. The van der Waals surface area contributed by atoms with E-state index >= 15 is 0 Å². The Morgan fingerprint density at radius 1 is 1.06 bits per heavy atom. The number of amides is 1. The van der Waals surface area contributed by atoms with Crippen LogP contribution in [0.5, 0.6) is 0 Å². The Balaban J connectivity index is 1.57. The van der Waals surface area contributed by atoms with Gasteiger partial charge in [-0.1, -0.05) is 41.4 Å². The van der Waals surface area contributed by atoms with Crippen molar-refractivity contribution in [1.82, 2.24) is 15.1 Å². The van der Waals surface area contributed by atoms with Gasteiger partial charge in [-0.05, 0) is 43.7 Å². The molecule has 2 aromatic carbocycles. The molecule has 9 heteroatoms. The smallest absolute Gasteiger partial charge is 0.254 e. The molecule has 0 saturated carbocycles. The lowest BCUT2D eigenvalue weighted by Crippen LogP contribution is -2.25. The first-order chi connectivity index (χ1) is 17.0. The van der Waals surface area contributed by atoms with E-state index in [0.717, 1.165) is 5.56 Å². The van der Waals surface area contributed by atoms with Crippen LogP contribution in [0.3, 0.4) is 0 Å². The summed E-state index contributed by atoms with van der Waals surface area (Å²) in [6.07, 6.45) is 3.39. The van der Waals surface area contributed by atoms with Crippen molar-refractivity contribution in [1.29, 1.82) is 5.26 Å². The van der Waals surface area contributed by atoms with E-state index in [9.17, 15) is 14.9 Å². The molecule has 0 unspecified atom stereocenters. The fourth-order valence-corrected chi connectivity index (χ4v) is 3.58. The minimum atomic E-state index is -0.343. The normalized spacial score (nSPS) is 10.5. The van der Waals surface area contributed by atoms with E-state index in [4.69, 9.17) is 16.0 Å². The Morgan fingerprint density at radius 2 is 1.80 bits per heavy atom. The summed E-state index contributed by atoms with van der Waals surface area (Å²) in [6, 6.07) is 17.8. The van der Waals surface area contributed by atoms with Crippen LogP contribution in [0.1, 0.15) is 44.0 Å². The SMILES string of the molecule is Cc1ccc(C(=O)c2nn(-c3ccc(Cl)cc3)c(NCCCNC(=O)c3ccoc3)c2C#N)cc1. The van der Waals surface area contributed by atoms with Gasteiger partial charge in [0.15, 0.2) is 5.69 Å². The fraction of sp³-hybridized carbons (Fsp3) is 0.154. The molecule has 35 heavy (non-hydrogen) atoms. The lowest BCUT2D eigenvalue weighted by atomic mass is 10.0. The number of aromatic nitrogens is 2. The average Bonchev–Trinajstić information content (AvgIpc) is 3.53. The second-order valence-electron chi connectivity index (χ2n) is 7.82. The summed E-state index contributed by atoms with van der Waals surface area (Å²) in [4.78, 5) is 25.3. The summed E-state index contributed by atoms with van der Waals surface area (Å²) in [5, 5.41) is 21.0. The van der Waals surface area contributed by atoms with E-state index in [2.05, 4.69) is 21.8 Å². The summed E-state index contributed by atoms with van der Waals surface area (Å²) in [7, 11) is 0. The second-order valence-corrected chi connectivity index (χ2v) is 8.25. The standard InChI is InChI=1S/C26H22ClN5O3/c1-17-3-5-18(6-4-17)24(33)23-22(15-28)25(32(31-23)21-9-7-20(27)8-10-21)29-12-2-13-30-26(34)19-11-14-35-16-19/h3-11,14,16,29H,2,12-13H2,1H3,(H,30,34). The molecule has 2 N–H and O–H groups in total. The number of nitriles is 1. The van der Waals surface area contributed by atoms with Crippen molar-refractivity contribution in [2.24, 2.45) is 0 Å². The van der Waals surface area contributed by atoms with E-state index < -0.39 is 0 Å². The number of hydrogen-bond donors (Lipinski definition) is 2. The monoisotopic (exact) mass is 487 g/mol. The number of ketones is 1. The highest BCUT2D eigenvalue weighted by Crippen LogP contribution is 2.26. The largest absolute Gasteiger partial charge is 0.472 e. The van der Waals surface area contributed by atoms with Crippen LogP contribution in [-0.2, 0) is 0 Å². The summed E-state index contributed by atoms with van der Waals surface area (Å²) in [5.41, 5.74) is 2.77. The second kappa shape index (κ2) is 10.7. The van der Waals surface area contributed by atoms with Crippen molar-refractivity contribution in [2.75, 3.05) is 18.4 Å². The first-order valence-electron chi connectivity index (χ1n) is 10.9. The van der Waals surface area contributed by atoms with Gasteiger partial charge < -0.3 is 15.1 Å². The Morgan fingerprint density at radius 3 is 2.46 bits per heavy atom. The molecule has 0 bridgehead atoms. The molecule has 0 radical (unpaired) electrons. The number of hydrogen-bond acceptors (Lipinski definition) is 6. The number of carbonyl (C=O) groups excluding carboxylic acids is 2. The molecule has 0 aliphatic carbocycles. The van der Waals surface area contributed by atoms with Crippen molar-refractivity contribution < 1.29 is 14.0 Å². The predicted molar refractivity (Wildman–Crippen MR) is 132 cm³/mol. The van der Waals surface area contributed by atoms with Gasteiger partial charge in [-0.15, -0.1) is 0 Å². The minimum absolute atomic E-state index is 0.0575. The van der Waals surface area contributed by atoms with Gasteiger partial charge in [0.1, 0.15) is 23.7 Å². The molecule has 4 rings (SSSR count). The zero-order chi connectivity index (χ0) is 24.8. The third kappa shape index (κ3) is 5.42. The van der Waals surface area contributed by atoms with E-state index in [1.807, 2.05) is 19.1 Å². The number of carbonyl (C=O) groups is 2. The molecule has 0 fully saturated rings. The van der Waals surface area contributed by atoms with Crippen molar-refractivity contribution in [3.05, 3.63) is 100 Å². The molecule has 1 amide bonds. The number of anilines is 1. The number of benzene rings is 2. The summed E-state index contributed by atoms with van der Waals surface area (Å²) in [6.45, 7) is 2.77. The zero-order valence-corrected chi connectivity index (χ0v) is 19.7. The third-order valence-electron chi connectivity index (χ3n) is 5.31. The molecule has 2 heterocycles. The summed E-state index contributed by atoms with van der Waals surface area (Å²) < 4.78 is 6.45. The van der Waals surface area contributed by atoms with Gasteiger partial charge in [0, 0.05) is 23.7 Å². The van der Waals surface area contributed by atoms with Crippen molar-refractivity contribution >= 4 is 29.1 Å². The van der Waals surface area contributed by atoms with Gasteiger partial charge in [0.2, 0.25) is 5.78 Å². The number of nitrogens with one attached hydrogen (secondary N) is 2. The van der Waals surface area contributed by atoms with Crippen LogP contribution >= 0.6 is 11.6 Å². The maximum absolute atomic E-state index is 13.2. The molecular weight excluding hydrogens is 466 g/mol. The average molecular weight is 488 g/mol. The maximum Gasteiger partial charge on any atom is 0.254 e. The quantitative estimate of drug-likeness (QED) is 0.260. The summed E-state index contributed by atoms with van der Waals surface area (Å²) in [5.74, 6) is -0.176. The lowest BCUT2D eigenvalue weighted by molar-refractivity contribution is 0.0952. The van der Waals surface area contributed by atoms with Crippen LogP contribution in [0.15, 0.2) is 71.5 Å². The third-order valence-corrected chi connectivity index (χ3v) is 5.56. The molecule has 0 spiro atoms. The van der Waals surface area contributed by atoms with Crippen LogP contribution in [-0.4, -0.2) is 34.6 Å². The summed E-state index contributed by atoms with van der Waals surface area (Å²) >= 11 is 6.03. The first kappa shape index (κ1) is 23.8. The number of nitrogens with zero attached hydrogens (tertiary/aromatic N) is 3. The van der Waals surface area contributed by atoms with Crippen LogP contribution < -0.4 is 10.6 Å². The van der Waals surface area contributed by atoms with Crippen molar-refractivity contribution in [2.45, 2.75) is 13.3 Å². The van der Waals surface area contributed by atoms with Crippen LogP contribution in [0, 0.1) is 18.3 Å². The van der Waals surface area contributed by atoms with Crippen LogP contribution in [0.25, 0.3) is 5.69 Å². The molecular formula is C26H22ClN5O3. The van der Waals surface area contributed by atoms with Gasteiger partial charge in [0.05, 0.1) is 17.5 Å². The lowest BCUT2D eigenvalue weighted by Gasteiger charge is -2.11. The Hall–Kier alpha value is -4.35. The maximum atomic E-state index is 13.2. The molecule has 0 aliphatic heterocycles. The zero-order valence-electron chi connectivity index (χ0n) is 18.9. The van der Waals surface area contributed by atoms with E-state index in [1.165, 1.54) is 17.2 Å². The topological polar surface area (TPSA) is 113 Å². The minimum Gasteiger partial charge on any atom is -0.472 e. The van der Waals surface area contributed by atoms with Crippen molar-refractivity contribution in [3.8, 4) is 11.8 Å². The molecule has 0 saturated heterocycles. The molecule has 0 atom stereocenters. The highest BCUT2D eigenvalue weighted by Gasteiger charge is 2.25. The Labute approximate surface area is 207 Å². The van der Waals surface area contributed by atoms with E-state index in [1.54, 1.807) is 42.5 Å². The van der Waals surface area contributed by atoms with Gasteiger partial charge in [-0.25, -0.2) is 4.68 Å². The molecule has 4 aromatic rings. The van der Waals surface area contributed by atoms with Gasteiger partial charge in [-0.3, -0.25) is 9.59 Å². The Kier molecular flexibility index (Phi) is 7.29. The molecule has 2 aromatic heterocycles. The number of rotatable bonds is 9. The highest BCUT2D eigenvalue weighted by atomic mass is 35.5. The van der Waals surface area contributed by atoms with E-state index in [-0.39, 0.29) is 22.9 Å². The highest BCUT2D eigenvalue weighted by molar-refractivity contribution is 6.30. The van der Waals surface area contributed by atoms with Crippen LogP contribution in [0.4, 0.5) is 5.82 Å².